The van der Waals surface area contributed by atoms with Crippen molar-refractivity contribution < 1.29 is 9.53 Å². The van der Waals surface area contributed by atoms with Gasteiger partial charge in [0.2, 0.25) is 0 Å². The molecule has 6 rings (SSSR count). The molecule has 0 spiro atoms. The number of alkyl carbamates (subject to hydrolysis) is 1. The first-order valence-corrected chi connectivity index (χ1v) is 13.7. The first kappa shape index (κ1) is 25.4. The van der Waals surface area contributed by atoms with E-state index in [2.05, 4.69) is 41.0 Å². The molecule has 2 heterocycles. The number of carbonyl (C=O) groups is 1. The number of fused-ring (bicyclic) bond motifs is 2. The molecule has 0 saturated heterocycles. The van der Waals surface area contributed by atoms with Gasteiger partial charge in [0.15, 0.2) is 0 Å². The summed E-state index contributed by atoms with van der Waals surface area (Å²) in [6.07, 6.45) is 3.90. The van der Waals surface area contributed by atoms with Crippen molar-refractivity contribution in [3.8, 4) is 11.8 Å². The van der Waals surface area contributed by atoms with Gasteiger partial charge < -0.3 is 25.8 Å². The minimum absolute atomic E-state index is 0.0428. The summed E-state index contributed by atoms with van der Waals surface area (Å²) < 4.78 is 5.51. The summed E-state index contributed by atoms with van der Waals surface area (Å²) in [4.78, 5) is 28.9. The third-order valence-corrected chi connectivity index (χ3v) is 8.11. The first-order valence-electron chi connectivity index (χ1n) is 13.7. The van der Waals surface area contributed by atoms with Crippen LogP contribution in [0.2, 0.25) is 0 Å². The van der Waals surface area contributed by atoms with E-state index < -0.39 is 11.7 Å². The van der Waals surface area contributed by atoms with Gasteiger partial charge in [0, 0.05) is 11.1 Å². The second-order valence-corrected chi connectivity index (χ2v) is 12.8. The number of rotatable bonds is 5. The Morgan fingerprint density at radius 1 is 0.923 bits per heavy atom. The number of imidazole rings is 2. The normalized spacial score (nSPS) is 18.7. The maximum absolute atomic E-state index is 12.6. The minimum Gasteiger partial charge on any atom is -0.444 e. The van der Waals surface area contributed by atoms with E-state index in [0.29, 0.717) is 0 Å². The fourth-order valence-electron chi connectivity index (χ4n) is 4.96. The van der Waals surface area contributed by atoms with Gasteiger partial charge in [-0.1, -0.05) is 25.7 Å². The number of nitrogens with one attached hydrogen (secondary N) is 3. The number of aromatic nitrogens is 4. The lowest BCUT2D eigenvalue weighted by molar-refractivity contribution is 0.0478. The maximum Gasteiger partial charge on any atom is 0.408 e. The quantitative estimate of drug-likeness (QED) is 0.238. The van der Waals surface area contributed by atoms with Gasteiger partial charge >= 0.3 is 6.09 Å². The lowest BCUT2D eigenvalue weighted by atomic mass is 9.98. The first-order chi connectivity index (χ1) is 18.4. The van der Waals surface area contributed by atoms with Gasteiger partial charge in [0.05, 0.1) is 34.2 Å². The zero-order chi connectivity index (χ0) is 27.6. The summed E-state index contributed by atoms with van der Waals surface area (Å²) in [5, 5.41) is 3.05. The van der Waals surface area contributed by atoms with Crippen LogP contribution in [-0.4, -0.2) is 31.6 Å². The second kappa shape index (κ2) is 8.85. The Morgan fingerprint density at radius 2 is 1.44 bits per heavy atom. The van der Waals surface area contributed by atoms with Crippen molar-refractivity contribution in [3.63, 3.8) is 0 Å². The Morgan fingerprint density at radius 3 is 1.95 bits per heavy atom. The van der Waals surface area contributed by atoms with Crippen molar-refractivity contribution in [2.75, 3.05) is 0 Å². The Balaban J connectivity index is 1.23. The second-order valence-electron chi connectivity index (χ2n) is 12.8. The summed E-state index contributed by atoms with van der Waals surface area (Å²) in [7, 11) is 0. The van der Waals surface area contributed by atoms with Crippen LogP contribution in [-0.2, 0) is 4.74 Å². The van der Waals surface area contributed by atoms with Gasteiger partial charge in [-0.25, -0.2) is 14.8 Å². The van der Waals surface area contributed by atoms with Crippen molar-refractivity contribution in [1.82, 2.24) is 25.3 Å². The molecule has 39 heavy (non-hydrogen) atoms. The molecular formula is C31H36N6O2. The largest absolute Gasteiger partial charge is 0.444 e. The lowest BCUT2D eigenvalue weighted by Crippen LogP contribution is -2.38. The summed E-state index contributed by atoms with van der Waals surface area (Å²) in [6.45, 7) is 9.96. The molecule has 0 bridgehead atoms. The van der Waals surface area contributed by atoms with Crippen LogP contribution in [0.5, 0.6) is 0 Å². The molecule has 5 N–H and O–H groups in total. The van der Waals surface area contributed by atoms with Crippen LogP contribution in [0.4, 0.5) is 4.79 Å². The van der Waals surface area contributed by atoms with Crippen LogP contribution in [0.15, 0.2) is 36.4 Å². The van der Waals surface area contributed by atoms with Gasteiger partial charge in [-0.15, -0.1) is 0 Å². The average Bonchev–Trinajstić information content (AvgIpc) is 3.70. The fourth-order valence-corrected chi connectivity index (χ4v) is 4.96. The highest BCUT2D eigenvalue weighted by molar-refractivity contribution is 5.79. The van der Waals surface area contributed by atoms with Crippen molar-refractivity contribution in [1.29, 1.82) is 0 Å². The number of amides is 1. The molecule has 2 fully saturated rings. The van der Waals surface area contributed by atoms with Crippen molar-refractivity contribution in [2.24, 2.45) is 16.6 Å². The van der Waals surface area contributed by atoms with E-state index in [1.807, 2.05) is 57.2 Å². The summed E-state index contributed by atoms with van der Waals surface area (Å²) in [5.41, 5.74) is 11.4. The number of hydrogen-bond acceptors (Lipinski definition) is 5. The Bertz CT molecular complexity index is 1640. The number of ether oxygens (including phenoxy) is 1. The van der Waals surface area contributed by atoms with Gasteiger partial charge in [-0.2, -0.15) is 0 Å². The predicted molar refractivity (Wildman–Crippen MR) is 152 cm³/mol. The molecule has 0 aliphatic heterocycles. The lowest BCUT2D eigenvalue weighted by Gasteiger charge is -2.26. The van der Waals surface area contributed by atoms with Crippen molar-refractivity contribution in [3.05, 3.63) is 59.2 Å². The van der Waals surface area contributed by atoms with E-state index in [4.69, 9.17) is 20.4 Å². The molecular weight excluding hydrogens is 488 g/mol. The van der Waals surface area contributed by atoms with E-state index in [-0.39, 0.29) is 22.9 Å². The van der Waals surface area contributed by atoms with Crippen LogP contribution < -0.4 is 11.1 Å². The van der Waals surface area contributed by atoms with E-state index in [0.717, 1.165) is 70.5 Å². The topological polar surface area (TPSA) is 122 Å². The van der Waals surface area contributed by atoms with Crippen LogP contribution >= 0.6 is 0 Å². The number of hydrogen-bond donors (Lipinski definition) is 4. The number of aromatic amines is 2. The predicted octanol–water partition coefficient (Wildman–Crippen LogP) is 6.00. The smallest absolute Gasteiger partial charge is 0.408 e. The third-order valence-electron chi connectivity index (χ3n) is 8.11. The van der Waals surface area contributed by atoms with Crippen LogP contribution in [0.25, 0.3) is 22.1 Å². The van der Waals surface area contributed by atoms with Crippen LogP contribution in [0.3, 0.4) is 0 Å². The van der Waals surface area contributed by atoms with Crippen LogP contribution in [0, 0.1) is 22.7 Å². The highest BCUT2D eigenvalue weighted by Gasteiger charge is 2.48. The molecule has 2 aromatic carbocycles. The van der Waals surface area contributed by atoms with Gasteiger partial charge in [-0.3, -0.25) is 0 Å². The summed E-state index contributed by atoms with van der Waals surface area (Å²) >= 11 is 0. The highest BCUT2D eigenvalue weighted by Crippen LogP contribution is 2.54. The van der Waals surface area contributed by atoms with Gasteiger partial charge in [0.25, 0.3) is 0 Å². The monoisotopic (exact) mass is 524 g/mol. The molecule has 2 atom stereocenters. The Labute approximate surface area is 228 Å². The number of H-pyrrole nitrogens is 2. The molecule has 2 aromatic heterocycles. The highest BCUT2D eigenvalue weighted by atomic mass is 16.6. The molecule has 2 aliphatic rings. The fraction of sp³-hybridized carbons (Fsp3) is 0.452. The molecule has 1 amide bonds. The molecule has 8 heteroatoms. The zero-order valence-electron chi connectivity index (χ0n) is 23.2. The Hall–Kier alpha value is -3.83. The van der Waals surface area contributed by atoms with E-state index in [1.165, 1.54) is 0 Å². The average molecular weight is 525 g/mol. The standard InChI is InChI=1S/C31H36N6O2/c1-29(2,3)39-28(38)37-25(31(5)14-15-31)27-34-21-11-9-19(17-23(21)36-27)7-6-18-8-10-20-22(16-18)35-26(33-20)24(32)30(4)12-13-30/h8-11,16-17,24-25H,12-15,32H2,1-5H3,(H,33,35)(H,34,36)(H,37,38)/t24-,25?/m1/s1. The Kier molecular flexibility index (Phi) is 5.78. The SMILES string of the molecule is CC(C)(C)OC(=O)NC(c1nc2ccc(C#Cc3ccc4nc([C@@H](N)C5(C)CC5)[nH]c4c3)cc2[nH]1)C1(C)CC1. The van der Waals surface area contributed by atoms with E-state index in [9.17, 15) is 4.79 Å². The number of nitrogens with two attached hydrogens (primary N) is 1. The molecule has 4 aromatic rings. The molecule has 2 aliphatic carbocycles. The third kappa shape index (κ3) is 5.24. The zero-order valence-corrected chi connectivity index (χ0v) is 23.2. The molecule has 1 unspecified atom stereocenters. The number of benzene rings is 2. The number of nitrogens with zero attached hydrogens (tertiary/aromatic N) is 2. The molecule has 0 radical (unpaired) electrons. The van der Waals surface area contributed by atoms with Crippen molar-refractivity contribution >= 4 is 28.2 Å². The maximum atomic E-state index is 12.6. The van der Waals surface area contributed by atoms with E-state index >= 15 is 0 Å². The summed E-state index contributed by atoms with van der Waals surface area (Å²) in [5.74, 6) is 8.13. The summed E-state index contributed by atoms with van der Waals surface area (Å²) in [6, 6.07) is 11.6. The minimum atomic E-state index is -0.563. The number of carbonyl (C=O) groups excluding carboxylic acids is 1. The van der Waals surface area contributed by atoms with Gasteiger partial charge in [0.1, 0.15) is 17.2 Å². The molecule has 2 saturated carbocycles. The van der Waals surface area contributed by atoms with E-state index in [1.54, 1.807) is 0 Å². The van der Waals surface area contributed by atoms with Crippen LogP contribution in [0.1, 0.15) is 95.2 Å². The van der Waals surface area contributed by atoms with Gasteiger partial charge in [-0.05, 0) is 93.7 Å². The molecule has 8 nitrogen and oxygen atoms in total. The van der Waals surface area contributed by atoms with Crippen molar-refractivity contribution in [2.45, 2.75) is 78.0 Å². The molecule has 202 valence electrons.